The molecular weight excluding hydrogens is 362 g/mol. The van der Waals surface area contributed by atoms with Crippen LogP contribution in [0, 0.1) is 10.1 Å². The summed E-state index contributed by atoms with van der Waals surface area (Å²) in [6.07, 6.45) is 0.594. The van der Waals surface area contributed by atoms with Gasteiger partial charge in [-0.15, -0.1) is 0 Å². The lowest BCUT2D eigenvalue weighted by Gasteiger charge is -2.28. The monoisotopic (exact) mass is 383 g/mol. The number of carbonyl (C=O) groups is 1. The first kappa shape index (κ1) is 18.2. The van der Waals surface area contributed by atoms with Crippen molar-refractivity contribution in [2.75, 3.05) is 37.7 Å². The highest BCUT2D eigenvalue weighted by Crippen LogP contribution is 2.30. The van der Waals surface area contributed by atoms with E-state index in [0.717, 1.165) is 17.7 Å². The zero-order valence-electron chi connectivity index (χ0n) is 15.3. The molecule has 0 bridgehead atoms. The number of nitrogens with one attached hydrogen (secondary N) is 1. The van der Waals surface area contributed by atoms with Crippen LogP contribution in [0.15, 0.2) is 42.5 Å². The number of ether oxygens (including phenoxy) is 2. The van der Waals surface area contributed by atoms with Gasteiger partial charge in [0.05, 0.1) is 24.7 Å². The number of hydrogen-bond acceptors (Lipinski definition) is 6. The van der Waals surface area contributed by atoms with Crippen molar-refractivity contribution < 1.29 is 19.2 Å². The predicted molar refractivity (Wildman–Crippen MR) is 103 cm³/mol. The number of rotatable bonds is 5. The summed E-state index contributed by atoms with van der Waals surface area (Å²) in [5.41, 5.74) is 1.82. The van der Waals surface area contributed by atoms with Gasteiger partial charge in [0.1, 0.15) is 17.5 Å². The normalized spacial score (nSPS) is 18.3. The fourth-order valence-corrected chi connectivity index (χ4v) is 3.56. The molecule has 0 radical (unpaired) electrons. The lowest BCUT2D eigenvalue weighted by Crippen LogP contribution is -2.37. The van der Waals surface area contributed by atoms with Crippen LogP contribution >= 0.6 is 0 Å². The molecule has 1 atom stereocenters. The number of anilines is 1. The van der Waals surface area contributed by atoms with Crippen LogP contribution in [0.1, 0.15) is 15.9 Å². The summed E-state index contributed by atoms with van der Waals surface area (Å²) >= 11 is 0. The lowest BCUT2D eigenvalue weighted by atomic mass is 10.1. The number of nitro benzene ring substituents is 1. The molecule has 0 aromatic heterocycles. The first-order valence-corrected chi connectivity index (χ1v) is 9.26. The first-order chi connectivity index (χ1) is 13.6. The Morgan fingerprint density at radius 2 is 2.00 bits per heavy atom. The summed E-state index contributed by atoms with van der Waals surface area (Å²) in [6.45, 7) is 2.58. The molecule has 1 amide bonds. The van der Waals surface area contributed by atoms with E-state index in [1.165, 1.54) is 6.07 Å². The number of morpholine rings is 1. The average molecular weight is 383 g/mol. The summed E-state index contributed by atoms with van der Waals surface area (Å²) in [5.74, 6) is 0.489. The minimum absolute atomic E-state index is 0.0703. The molecule has 28 heavy (non-hydrogen) atoms. The van der Waals surface area contributed by atoms with Gasteiger partial charge in [-0.25, -0.2) is 0 Å². The number of amides is 1. The quantitative estimate of drug-likeness (QED) is 0.628. The Hall–Kier alpha value is -3.13. The molecule has 1 fully saturated rings. The second kappa shape index (κ2) is 7.85. The lowest BCUT2D eigenvalue weighted by molar-refractivity contribution is -0.384. The number of fused-ring (bicyclic) bond motifs is 1. The minimum atomic E-state index is -0.446. The van der Waals surface area contributed by atoms with Crippen molar-refractivity contribution in [1.82, 2.24) is 5.32 Å². The molecule has 2 aliphatic heterocycles. The van der Waals surface area contributed by atoms with Gasteiger partial charge in [-0.05, 0) is 23.8 Å². The fourth-order valence-electron chi connectivity index (χ4n) is 3.56. The van der Waals surface area contributed by atoms with Crippen LogP contribution < -0.4 is 15.0 Å². The predicted octanol–water partition coefficient (Wildman–Crippen LogP) is 2.16. The van der Waals surface area contributed by atoms with Gasteiger partial charge in [0.15, 0.2) is 0 Å². The molecule has 0 saturated carbocycles. The maximum absolute atomic E-state index is 12.5. The molecule has 1 saturated heterocycles. The topological polar surface area (TPSA) is 93.9 Å². The van der Waals surface area contributed by atoms with E-state index in [-0.39, 0.29) is 23.3 Å². The Morgan fingerprint density at radius 3 is 2.75 bits per heavy atom. The first-order valence-electron chi connectivity index (χ1n) is 9.26. The third-order valence-corrected chi connectivity index (χ3v) is 4.99. The molecule has 2 aromatic rings. The van der Waals surface area contributed by atoms with E-state index in [1.54, 1.807) is 12.1 Å². The molecule has 146 valence electrons. The highest BCUT2D eigenvalue weighted by molar-refractivity contribution is 5.95. The van der Waals surface area contributed by atoms with Gasteiger partial charge in [-0.3, -0.25) is 14.9 Å². The molecule has 8 nitrogen and oxygen atoms in total. The van der Waals surface area contributed by atoms with Crippen molar-refractivity contribution in [1.29, 1.82) is 0 Å². The van der Waals surface area contributed by atoms with Crippen LogP contribution in [0.3, 0.4) is 0 Å². The number of nitrogens with zero attached hydrogens (tertiary/aromatic N) is 2. The fraction of sp³-hybridized carbons (Fsp3) is 0.350. The molecule has 4 rings (SSSR count). The standard InChI is InChI=1S/C20H21N3O5/c24-20(21-13-16-11-14-3-1-2-4-19(14)28-16)15-5-6-17(18(12-15)23(25)26)22-7-9-27-10-8-22/h1-6,12,16H,7-11,13H2,(H,21,24)/t16-/m0/s1. The van der Waals surface area contributed by atoms with Crippen molar-refractivity contribution in [3.05, 3.63) is 63.7 Å². The van der Waals surface area contributed by atoms with E-state index in [9.17, 15) is 14.9 Å². The van der Waals surface area contributed by atoms with Crippen molar-refractivity contribution in [2.45, 2.75) is 12.5 Å². The van der Waals surface area contributed by atoms with Crippen LogP contribution in [0.4, 0.5) is 11.4 Å². The van der Waals surface area contributed by atoms with Gasteiger partial charge < -0.3 is 19.7 Å². The second-order valence-electron chi connectivity index (χ2n) is 6.82. The highest BCUT2D eigenvalue weighted by atomic mass is 16.6. The van der Waals surface area contributed by atoms with Gasteiger partial charge >= 0.3 is 0 Å². The molecule has 2 heterocycles. The van der Waals surface area contributed by atoms with Gasteiger partial charge in [0.25, 0.3) is 11.6 Å². The van der Waals surface area contributed by atoms with E-state index < -0.39 is 4.92 Å². The van der Waals surface area contributed by atoms with Crippen molar-refractivity contribution >= 4 is 17.3 Å². The van der Waals surface area contributed by atoms with Crippen molar-refractivity contribution in [3.8, 4) is 5.75 Å². The van der Waals surface area contributed by atoms with Gasteiger partial charge in [0, 0.05) is 31.1 Å². The Morgan fingerprint density at radius 1 is 1.21 bits per heavy atom. The number of para-hydroxylation sites is 1. The molecular formula is C20H21N3O5. The Balaban J connectivity index is 1.43. The third-order valence-electron chi connectivity index (χ3n) is 4.99. The van der Waals surface area contributed by atoms with E-state index in [2.05, 4.69) is 5.32 Å². The van der Waals surface area contributed by atoms with Crippen LogP contribution in [0.5, 0.6) is 5.75 Å². The smallest absolute Gasteiger partial charge is 0.293 e. The molecule has 0 aliphatic carbocycles. The number of benzene rings is 2. The second-order valence-corrected chi connectivity index (χ2v) is 6.82. The molecule has 1 N–H and O–H groups in total. The van der Waals surface area contributed by atoms with Gasteiger partial charge in [0.2, 0.25) is 0 Å². The molecule has 8 heteroatoms. The molecule has 0 unspecified atom stereocenters. The number of hydrogen-bond donors (Lipinski definition) is 1. The van der Waals surface area contributed by atoms with E-state index >= 15 is 0 Å². The minimum Gasteiger partial charge on any atom is -0.488 e. The molecule has 0 spiro atoms. The third kappa shape index (κ3) is 3.77. The van der Waals surface area contributed by atoms with Crippen LogP contribution in [-0.4, -0.2) is 49.8 Å². The number of nitro groups is 1. The SMILES string of the molecule is O=C(NC[C@@H]1Cc2ccccc2O1)c1ccc(N2CCOCC2)c([N+](=O)[O-])c1. The molecule has 2 aliphatic rings. The average Bonchev–Trinajstić information content (AvgIpc) is 3.15. The van der Waals surface area contributed by atoms with E-state index in [1.807, 2.05) is 29.2 Å². The number of carbonyl (C=O) groups excluding carboxylic acids is 1. The van der Waals surface area contributed by atoms with Crippen molar-refractivity contribution in [3.63, 3.8) is 0 Å². The largest absolute Gasteiger partial charge is 0.488 e. The Bertz CT molecular complexity index is 870. The molecule has 2 aromatic carbocycles. The van der Waals surface area contributed by atoms with Gasteiger partial charge in [-0.2, -0.15) is 0 Å². The van der Waals surface area contributed by atoms with Crippen LogP contribution in [-0.2, 0) is 11.2 Å². The Kier molecular flexibility index (Phi) is 5.12. The van der Waals surface area contributed by atoms with Crippen LogP contribution in [0.2, 0.25) is 0 Å². The summed E-state index contributed by atoms with van der Waals surface area (Å²) in [7, 11) is 0. The van der Waals surface area contributed by atoms with Gasteiger partial charge in [-0.1, -0.05) is 18.2 Å². The summed E-state index contributed by atoms with van der Waals surface area (Å²) in [4.78, 5) is 25.5. The van der Waals surface area contributed by atoms with Crippen LogP contribution in [0.25, 0.3) is 0 Å². The zero-order valence-corrected chi connectivity index (χ0v) is 15.3. The summed E-state index contributed by atoms with van der Waals surface area (Å²) in [5, 5.41) is 14.3. The maximum Gasteiger partial charge on any atom is 0.293 e. The zero-order chi connectivity index (χ0) is 19.5. The maximum atomic E-state index is 12.5. The summed E-state index contributed by atoms with van der Waals surface area (Å²) in [6, 6.07) is 12.4. The Labute approximate surface area is 162 Å². The highest BCUT2D eigenvalue weighted by Gasteiger charge is 2.25. The summed E-state index contributed by atoms with van der Waals surface area (Å²) < 4.78 is 11.1. The van der Waals surface area contributed by atoms with E-state index in [0.29, 0.717) is 38.5 Å². The van der Waals surface area contributed by atoms with E-state index in [4.69, 9.17) is 9.47 Å². The van der Waals surface area contributed by atoms with Crippen molar-refractivity contribution in [2.24, 2.45) is 0 Å².